The van der Waals surface area contributed by atoms with Gasteiger partial charge in [0.15, 0.2) is 5.94 Å². The molecular formula is C9H8BrNO2. The van der Waals surface area contributed by atoms with E-state index < -0.39 is 0 Å². The van der Waals surface area contributed by atoms with Crippen molar-refractivity contribution in [2.45, 2.75) is 0 Å². The van der Waals surface area contributed by atoms with Crippen LogP contribution in [0.3, 0.4) is 0 Å². The first-order chi connectivity index (χ1) is 6.19. The van der Waals surface area contributed by atoms with E-state index in [1.807, 2.05) is 0 Å². The molecule has 13 heavy (non-hydrogen) atoms. The van der Waals surface area contributed by atoms with Crippen LogP contribution in [0.15, 0.2) is 22.7 Å². The average Bonchev–Trinajstić information content (AvgIpc) is 2.10. The molecule has 0 aliphatic rings. The molecule has 68 valence electrons. The van der Waals surface area contributed by atoms with Gasteiger partial charge in [-0.2, -0.15) is 0 Å². The van der Waals surface area contributed by atoms with Crippen LogP contribution in [0.5, 0.6) is 0 Å². The van der Waals surface area contributed by atoms with E-state index in [4.69, 9.17) is 10.5 Å². The zero-order valence-electron chi connectivity index (χ0n) is 7.00. The number of carbonyl (C=O) groups excluding carboxylic acids is 1. The molecule has 0 heterocycles. The quantitative estimate of drug-likeness (QED) is 0.489. The Morgan fingerprint density at radius 2 is 2.31 bits per heavy atom. The summed E-state index contributed by atoms with van der Waals surface area (Å²) in [5.41, 5.74) is 6.70. The van der Waals surface area contributed by atoms with Crippen LogP contribution in [0.25, 0.3) is 5.76 Å². The Morgan fingerprint density at radius 3 is 2.77 bits per heavy atom. The van der Waals surface area contributed by atoms with Crippen LogP contribution in [-0.4, -0.2) is 13.1 Å². The highest BCUT2D eigenvalue weighted by Crippen LogP contribution is 2.23. The highest BCUT2D eigenvalue weighted by atomic mass is 79.9. The maximum atomic E-state index is 10.4. The second-order valence-electron chi connectivity index (χ2n) is 2.37. The molecule has 2 N–H and O–H groups in total. The lowest BCUT2D eigenvalue weighted by Gasteiger charge is -2.05. The summed E-state index contributed by atoms with van der Waals surface area (Å²) >= 11 is 3.26. The van der Waals surface area contributed by atoms with E-state index in [1.54, 1.807) is 24.1 Å². The number of hydrogen-bond acceptors (Lipinski definition) is 3. The first kappa shape index (κ1) is 9.84. The van der Waals surface area contributed by atoms with Crippen LogP contribution in [-0.2, 0) is 9.53 Å². The Kier molecular flexibility index (Phi) is 3.12. The molecule has 0 aliphatic heterocycles. The molecule has 0 radical (unpaired) electrons. The van der Waals surface area contributed by atoms with Gasteiger partial charge in [0, 0.05) is 10.2 Å². The number of ether oxygens (including phenoxy) is 1. The number of nitrogen functional groups attached to an aromatic ring is 1. The number of hydrogen-bond donors (Lipinski definition) is 1. The van der Waals surface area contributed by atoms with Gasteiger partial charge in [-0.25, -0.2) is 4.79 Å². The Hall–Kier alpha value is -1.25. The van der Waals surface area contributed by atoms with E-state index in [2.05, 4.69) is 15.9 Å². The fourth-order valence-corrected chi connectivity index (χ4v) is 1.33. The first-order valence-corrected chi connectivity index (χ1v) is 4.33. The minimum absolute atomic E-state index is 0.116. The Labute approximate surface area is 84.3 Å². The zero-order chi connectivity index (χ0) is 9.84. The van der Waals surface area contributed by atoms with Crippen molar-refractivity contribution in [1.29, 1.82) is 0 Å². The normalized spacial score (nSPS) is 9.08. The van der Waals surface area contributed by atoms with E-state index in [0.717, 1.165) is 4.47 Å². The Morgan fingerprint density at radius 1 is 1.62 bits per heavy atom. The number of nitrogens with two attached hydrogens (primary N) is 1. The minimum Gasteiger partial charge on any atom is -0.486 e. The van der Waals surface area contributed by atoms with Crippen molar-refractivity contribution in [3.8, 4) is 0 Å². The SMILES string of the molecule is COC(=C=O)c1ccc(Br)cc1N. The van der Waals surface area contributed by atoms with Crippen LogP contribution >= 0.6 is 15.9 Å². The molecular weight excluding hydrogens is 234 g/mol. The molecule has 0 bridgehead atoms. The van der Waals surface area contributed by atoms with Gasteiger partial charge in [-0.3, -0.25) is 0 Å². The Balaban J connectivity index is 3.23. The van der Waals surface area contributed by atoms with Crippen molar-refractivity contribution < 1.29 is 9.53 Å². The fraction of sp³-hybridized carbons (Fsp3) is 0.111. The van der Waals surface area contributed by atoms with Crippen LogP contribution in [0.1, 0.15) is 5.56 Å². The summed E-state index contributed by atoms with van der Waals surface area (Å²) in [5.74, 6) is 1.79. The molecule has 1 aromatic rings. The van der Waals surface area contributed by atoms with E-state index in [0.29, 0.717) is 11.3 Å². The maximum absolute atomic E-state index is 10.4. The summed E-state index contributed by atoms with van der Waals surface area (Å²) in [4.78, 5) is 10.4. The maximum Gasteiger partial charge on any atom is 0.212 e. The van der Waals surface area contributed by atoms with Gasteiger partial charge >= 0.3 is 0 Å². The summed E-state index contributed by atoms with van der Waals surface area (Å²) in [6.45, 7) is 0. The summed E-state index contributed by atoms with van der Waals surface area (Å²) < 4.78 is 5.66. The summed E-state index contributed by atoms with van der Waals surface area (Å²) in [6.07, 6.45) is 0. The molecule has 0 saturated carbocycles. The van der Waals surface area contributed by atoms with Crippen LogP contribution in [0.2, 0.25) is 0 Å². The molecule has 4 heteroatoms. The summed E-state index contributed by atoms with van der Waals surface area (Å²) in [5, 5.41) is 0. The van der Waals surface area contributed by atoms with Gasteiger partial charge in [0.25, 0.3) is 0 Å². The first-order valence-electron chi connectivity index (χ1n) is 3.53. The van der Waals surface area contributed by atoms with E-state index in [-0.39, 0.29) is 5.76 Å². The highest BCUT2D eigenvalue weighted by Gasteiger charge is 2.06. The molecule has 0 unspecified atom stereocenters. The van der Waals surface area contributed by atoms with Gasteiger partial charge in [-0.05, 0) is 18.2 Å². The number of halogens is 1. The second-order valence-corrected chi connectivity index (χ2v) is 3.28. The van der Waals surface area contributed by atoms with Crippen molar-refractivity contribution in [3.05, 3.63) is 28.2 Å². The third kappa shape index (κ3) is 2.11. The molecule has 0 atom stereocenters. The largest absolute Gasteiger partial charge is 0.486 e. The topological polar surface area (TPSA) is 52.3 Å². The average molecular weight is 242 g/mol. The number of benzene rings is 1. The summed E-state index contributed by atoms with van der Waals surface area (Å²) in [7, 11) is 1.40. The molecule has 0 amide bonds. The molecule has 0 fully saturated rings. The predicted octanol–water partition coefficient (Wildman–Crippen LogP) is 1.85. The van der Waals surface area contributed by atoms with Crippen molar-refractivity contribution in [3.63, 3.8) is 0 Å². The van der Waals surface area contributed by atoms with Gasteiger partial charge in [-0.15, -0.1) is 0 Å². The number of methoxy groups -OCH3 is 1. The van der Waals surface area contributed by atoms with Crippen molar-refractivity contribution in [2.75, 3.05) is 12.8 Å². The smallest absolute Gasteiger partial charge is 0.212 e. The molecule has 3 nitrogen and oxygen atoms in total. The van der Waals surface area contributed by atoms with Gasteiger partial charge in [-0.1, -0.05) is 15.9 Å². The molecule has 0 saturated heterocycles. The molecule has 1 rings (SSSR count). The minimum atomic E-state index is 0.116. The van der Waals surface area contributed by atoms with Crippen molar-refractivity contribution in [2.24, 2.45) is 0 Å². The number of rotatable bonds is 2. The van der Waals surface area contributed by atoms with Gasteiger partial charge < -0.3 is 10.5 Å². The van der Waals surface area contributed by atoms with Gasteiger partial charge in [0.1, 0.15) is 0 Å². The van der Waals surface area contributed by atoms with Crippen molar-refractivity contribution >= 4 is 33.3 Å². The lowest BCUT2D eigenvalue weighted by Crippen LogP contribution is -1.95. The molecule has 0 aromatic heterocycles. The monoisotopic (exact) mass is 241 g/mol. The van der Waals surface area contributed by atoms with Gasteiger partial charge in [0.05, 0.1) is 12.7 Å². The van der Waals surface area contributed by atoms with Crippen LogP contribution < -0.4 is 5.73 Å². The molecule has 1 aromatic carbocycles. The number of anilines is 1. The van der Waals surface area contributed by atoms with E-state index in [1.165, 1.54) is 7.11 Å². The lowest BCUT2D eigenvalue weighted by molar-refractivity contribution is 0.371. The predicted molar refractivity (Wildman–Crippen MR) is 54.7 cm³/mol. The highest BCUT2D eigenvalue weighted by molar-refractivity contribution is 9.10. The van der Waals surface area contributed by atoms with Crippen molar-refractivity contribution in [1.82, 2.24) is 0 Å². The lowest BCUT2D eigenvalue weighted by atomic mass is 10.1. The van der Waals surface area contributed by atoms with E-state index >= 15 is 0 Å². The molecule has 0 spiro atoms. The zero-order valence-corrected chi connectivity index (χ0v) is 8.59. The second kappa shape index (κ2) is 4.12. The standard InChI is InChI=1S/C9H8BrNO2/c1-13-9(5-12)7-3-2-6(10)4-8(7)11/h2-4H,11H2,1H3. The Bertz CT molecular complexity index is 370. The van der Waals surface area contributed by atoms with Gasteiger partial charge in [0.2, 0.25) is 5.76 Å². The van der Waals surface area contributed by atoms with Crippen LogP contribution in [0.4, 0.5) is 5.69 Å². The van der Waals surface area contributed by atoms with Crippen LogP contribution in [0, 0.1) is 0 Å². The third-order valence-corrected chi connectivity index (χ3v) is 2.05. The fourth-order valence-electron chi connectivity index (χ4n) is 0.947. The molecule has 0 aliphatic carbocycles. The van der Waals surface area contributed by atoms with E-state index in [9.17, 15) is 4.79 Å². The third-order valence-electron chi connectivity index (χ3n) is 1.56. The summed E-state index contributed by atoms with van der Waals surface area (Å²) in [6, 6.07) is 5.18.